The number of nitrogens with one attached hydrogen (secondary N) is 1. The average Bonchev–Trinajstić information content (AvgIpc) is 3.34. The molecule has 3 heterocycles. The van der Waals surface area contributed by atoms with Crippen molar-refractivity contribution in [3.05, 3.63) is 94.6 Å². The van der Waals surface area contributed by atoms with Crippen LogP contribution in [0.25, 0.3) is 5.70 Å². The zero-order valence-corrected chi connectivity index (χ0v) is 21.3. The van der Waals surface area contributed by atoms with Crippen molar-refractivity contribution in [2.45, 2.75) is 24.2 Å². The van der Waals surface area contributed by atoms with Crippen LogP contribution in [0.15, 0.2) is 77.5 Å². The Morgan fingerprint density at radius 3 is 2.44 bits per heavy atom. The quantitative estimate of drug-likeness (QED) is 0.344. The maximum Gasteiger partial charge on any atom is 0.227 e. The molecular weight excluding hydrogens is 472 g/mol. The number of fused-ring (bicyclic) bond motifs is 3. The van der Waals surface area contributed by atoms with Crippen LogP contribution in [0.3, 0.4) is 0 Å². The largest absolute Gasteiger partial charge is 0.493 e. The van der Waals surface area contributed by atoms with E-state index in [4.69, 9.17) is 24.3 Å². The third kappa shape index (κ3) is 3.60. The minimum atomic E-state index is -0.386. The molecule has 3 aromatic carbocycles. The Balaban J connectivity index is 1.61. The molecule has 0 radical (unpaired) electrons. The van der Waals surface area contributed by atoms with Gasteiger partial charge in [-0.1, -0.05) is 59.8 Å². The summed E-state index contributed by atoms with van der Waals surface area (Å²) in [7, 11) is 3.28. The van der Waals surface area contributed by atoms with Crippen LogP contribution in [0.1, 0.15) is 34.4 Å². The lowest BCUT2D eigenvalue weighted by molar-refractivity contribution is 0.222. The van der Waals surface area contributed by atoms with Gasteiger partial charge < -0.3 is 19.5 Å². The second kappa shape index (κ2) is 8.95. The van der Waals surface area contributed by atoms with Crippen molar-refractivity contribution in [2.75, 3.05) is 25.8 Å². The van der Waals surface area contributed by atoms with Crippen molar-refractivity contribution in [2.24, 2.45) is 0 Å². The number of rotatable bonds is 5. The van der Waals surface area contributed by atoms with Crippen LogP contribution in [-0.4, -0.2) is 35.2 Å². The number of hydrogen-bond donors (Lipinski definition) is 1. The number of anilines is 1. The van der Waals surface area contributed by atoms with Crippen molar-refractivity contribution in [1.29, 1.82) is 0 Å². The number of methoxy groups -OCH3 is 2. The monoisotopic (exact) mass is 498 g/mol. The summed E-state index contributed by atoms with van der Waals surface area (Å²) in [5.74, 6) is 2.85. The second-order valence-corrected chi connectivity index (χ2v) is 9.52. The van der Waals surface area contributed by atoms with E-state index >= 15 is 0 Å². The van der Waals surface area contributed by atoms with Gasteiger partial charge in [-0.25, -0.2) is 4.68 Å². The molecule has 182 valence electrons. The van der Waals surface area contributed by atoms with E-state index in [0.717, 1.165) is 33.7 Å². The first-order chi connectivity index (χ1) is 17.6. The highest BCUT2D eigenvalue weighted by molar-refractivity contribution is 7.98. The van der Waals surface area contributed by atoms with E-state index in [1.165, 1.54) is 17.3 Å². The van der Waals surface area contributed by atoms with E-state index in [1.807, 2.05) is 47.3 Å². The Kier molecular flexibility index (Phi) is 5.60. The van der Waals surface area contributed by atoms with Crippen molar-refractivity contribution in [1.82, 2.24) is 14.8 Å². The fraction of sp³-hybridized carbons (Fsp3) is 0.214. The third-order valence-corrected chi connectivity index (χ3v) is 7.18. The predicted octanol–water partition coefficient (Wildman–Crippen LogP) is 5.89. The number of aromatic nitrogens is 3. The standard InChI is InChI=1S/C28H26N4O3S/c1-16-9-11-17(12-10-16)25-23-24(29-27-30-28(36-4)31-32(25)27)19-7-5-6-8-20(19)35-26(23)18-13-14-21(33-2)22(15-18)34-3/h5-15,25-26H,1-4H3,(H,29,30,31)/t25-,26-/m1/s1. The van der Waals surface area contributed by atoms with Crippen molar-refractivity contribution >= 4 is 23.4 Å². The van der Waals surface area contributed by atoms with Crippen molar-refractivity contribution in [3.8, 4) is 17.2 Å². The number of benzene rings is 3. The van der Waals surface area contributed by atoms with Crippen LogP contribution in [0.4, 0.5) is 5.95 Å². The summed E-state index contributed by atoms with van der Waals surface area (Å²) >= 11 is 1.52. The molecule has 0 bridgehead atoms. The Hall–Kier alpha value is -3.91. The molecule has 1 aromatic heterocycles. The molecule has 6 rings (SSSR count). The normalized spacial score (nSPS) is 17.9. The van der Waals surface area contributed by atoms with E-state index in [0.29, 0.717) is 22.6 Å². The lowest BCUT2D eigenvalue weighted by Crippen LogP contribution is -2.32. The highest BCUT2D eigenvalue weighted by Crippen LogP contribution is 2.51. The summed E-state index contributed by atoms with van der Waals surface area (Å²) in [5, 5.41) is 9.16. The fourth-order valence-electron chi connectivity index (χ4n) is 4.90. The molecule has 0 amide bonds. The number of ether oxygens (including phenoxy) is 3. The lowest BCUT2D eigenvalue weighted by Gasteiger charge is -2.39. The molecule has 7 nitrogen and oxygen atoms in total. The van der Waals surface area contributed by atoms with Gasteiger partial charge in [0, 0.05) is 16.7 Å². The third-order valence-electron chi connectivity index (χ3n) is 6.65. The molecular formula is C28H26N4O3S. The molecule has 0 aliphatic carbocycles. The van der Waals surface area contributed by atoms with Gasteiger partial charge in [-0.15, -0.1) is 5.10 Å². The van der Waals surface area contributed by atoms with Gasteiger partial charge in [-0.3, -0.25) is 0 Å². The second-order valence-electron chi connectivity index (χ2n) is 8.74. The molecule has 8 heteroatoms. The maximum atomic E-state index is 6.72. The molecule has 2 aliphatic rings. The van der Waals surface area contributed by atoms with Gasteiger partial charge in [0.05, 0.1) is 19.9 Å². The van der Waals surface area contributed by atoms with Crippen LogP contribution < -0.4 is 19.5 Å². The fourth-order valence-corrected chi connectivity index (χ4v) is 5.25. The lowest BCUT2D eigenvalue weighted by atomic mass is 9.84. The van der Waals surface area contributed by atoms with Crippen LogP contribution >= 0.6 is 11.8 Å². The molecule has 2 aliphatic heterocycles. The number of thioether (sulfide) groups is 1. The highest BCUT2D eigenvalue weighted by atomic mass is 32.2. The average molecular weight is 499 g/mol. The number of aryl methyl sites for hydroxylation is 1. The van der Waals surface area contributed by atoms with Crippen molar-refractivity contribution < 1.29 is 14.2 Å². The molecule has 0 fully saturated rings. The van der Waals surface area contributed by atoms with Crippen LogP contribution in [0.2, 0.25) is 0 Å². The van der Waals surface area contributed by atoms with Gasteiger partial charge in [-0.05, 0) is 43.0 Å². The molecule has 1 N–H and O–H groups in total. The number of nitrogens with zero attached hydrogens (tertiary/aromatic N) is 3. The van der Waals surface area contributed by atoms with E-state index in [2.05, 4.69) is 42.6 Å². The highest BCUT2D eigenvalue weighted by Gasteiger charge is 2.41. The number of hydrogen-bond acceptors (Lipinski definition) is 7. The van der Waals surface area contributed by atoms with Gasteiger partial charge in [0.1, 0.15) is 17.9 Å². The molecule has 2 atom stereocenters. The van der Waals surface area contributed by atoms with Gasteiger partial charge in [0.15, 0.2) is 11.5 Å². The van der Waals surface area contributed by atoms with Crippen LogP contribution in [-0.2, 0) is 0 Å². The van der Waals surface area contributed by atoms with E-state index in [9.17, 15) is 0 Å². The van der Waals surface area contributed by atoms with Crippen LogP contribution in [0.5, 0.6) is 17.2 Å². The van der Waals surface area contributed by atoms with Gasteiger partial charge >= 0.3 is 0 Å². The first-order valence-electron chi connectivity index (χ1n) is 11.7. The first-order valence-corrected chi connectivity index (χ1v) is 12.9. The van der Waals surface area contributed by atoms with Gasteiger partial charge in [-0.2, -0.15) is 4.98 Å². The SMILES string of the molecule is COc1ccc([C@H]2Oc3ccccc3C3=C2[C@@H](c2ccc(C)cc2)n2nc(SC)nc2N3)cc1OC. The molecule has 0 unspecified atom stereocenters. The predicted molar refractivity (Wildman–Crippen MR) is 141 cm³/mol. The van der Waals surface area contributed by atoms with E-state index in [1.54, 1.807) is 14.2 Å². The molecule has 0 saturated heterocycles. The Morgan fingerprint density at radius 1 is 0.944 bits per heavy atom. The molecule has 4 aromatic rings. The summed E-state index contributed by atoms with van der Waals surface area (Å²) in [6.45, 7) is 2.09. The van der Waals surface area contributed by atoms with Crippen LogP contribution in [0, 0.1) is 6.92 Å². The zero-order valence-electron chi connectivity index (χ0n) is 20.5. The Bertz CT molecular complexity index is 1480. The number of para-hydroxylation sites is 1. The molecule has 36 heavy (non-hydrogen) atoms. The van der Waals surface area contributed by atoms with E-state index < -0.39 is 0 Å². The zero-order chi connectivity index (χ0) is 24.8. The maximum absolute atomic E-state index is 6.72. The van der Waals surface area contributed by atoms with Gasteiger partial charge in [0.2, 0.25) is 11.1 Å². The summed E-state index contributed by atoms with van der Waals surface area (Å²) in [4.78, 5) is 4.77. The Labute approximate surface area is 214 Å². The van der Waals surface area contributed by atoms with Crippen molar-refractivity contribution in [3.63, 3.8) is 0 Å². The minimum absolute atomic E-state index is 0.211. The van der Waals surface area contributed by atoms with E-state index in [-0.39, 0.29) is 12.1 Å². The van der Waals surface area contributed by atoms with Gasteiger partial charge in [0.25, 0.3) is 0 Å². The summed E-state index contributed by atoms with van der Waals surface area (Å²) < 4.78 is 19.8. The summed E-state index contributed by atoms with van der Waals surface area (Å²) in [6, 6.07) is 22.4. The molecule has 0 spiro atoms. The summed E-state index contributed by atoms with van der Waals surface area (Å²) in [6.07, 6.45) is 1.60. The summed E-state index contributed by atoms with van der Waals surface area (Å²) in [5.41, 5.74) is 6.34. The molecule has 0 saturated carbocycles. The minimum Gasteiger partial charge on any atom is -0.493 e. The Morgan fingerprint density at radius 2 is 1.69 bits per heavy atom. The topological polar surface area (TPSA) is 70.4 Å². The smallest absolute Gasteiger partial charge is 0.227 e. The first kappa shape index (κ1) is 22.5.